The topological polar surface area (TPSA) is 34.1 Å². The number of carbonyl (C=O) groups is 2. The Kier molecular flexibility index (Phi) is 4.55. The minimum Gasteiger partial charge on any atom is -0.294 e. The molecule has 0 atom stereocenters. The predicted octanol–water partition coefficient (Wildman–Crippen LogP) is 4.58. The van der Waals surface area contributed by atoms with Gasteiger partial charge in [0.25, 0.3) is 0 Å². The third-order valence-corrected chi connectivity index (χ3v) is 3.56. The van der Waals surface area contributed by atoms with E-state index in [4.69, 9.17) is 0 Å². The smallest absolute Gasteiger partial charge is 0.170 e. The molecule has 0 saturated carbocycles. The molecule has 3 heteroatoms. The summed E-state index contributed by atoms with van der Waals surface area (Å²) in [5, 5.41) is 0. The van der Waals surface area contributed by atoms with Gasteiger partial charge in [-0.15, -0.1) is 0 Å². The summed E-state index contributed by atoms with van der Waals surface area (Å²) in [7, 11) is 0. The van der Waals surface area contributed by atoms with E-state index in [0.717, 1.165) is 5.56 Å². The summed E-state index contributed by atoms with van der Waals surface area (Å²) >= 11 is 0. The molecule has 114 valence electrons. The van der Waals surface area contributed by atoms with E-state index in [1.165, 1.54) is 24.3 Å². The summed E-state index contributed by atoms with van der Waals surface area (Å²) < 4.78 is 12.8. The lowest BCUT2D eigenvalue weighted by atomic mass is 9.86. The van der Waals surface area contributed by atoms with E-state index in [1.54, 1.807) is 12.1 Å². The van der Waals surface area contributed by atoms with Gasteiger partial charge in [0.1, 0.15) is 5.82 Å². The van der Waals surface area contributed by atoms with Crippen LogP contribution in [0.2, 0.25) is 0 Å². The highest BCUT2D eigenvalue weighted by Gasteiger charge is 2.16. The minimum absolute atomic E-state index is 0.0194. The molecule has 0 radical (unpaired) electrons. The molecule has 0 unspecified atom stereocenters. The number of benzene rings is 2. The Balaban J connectivity index is 2.09. The number of rotatable bonds is 4. The lowest BCUT2D eigenvalue weighted by molar-refractivity contribution is 0.0894. The highest BCUT2D eigenvalue weighted by atomic mass is 19.1. The Bertz CT molecular complexity index is 677. The molecule has 0 aliphatic rings. The van der Waals surface area contributed by atoms with Gasteiger partial charge in [-0.2, -0.15) is 0 Å². The molecule has 0 aliphatic heterocycles. The second kappa shape index (κ2) is 6.22. The SMILES string of the molecule is CC(C)(C)c1ccc(C(=O)CC(=O)c2ccc(F)cc2)cc1. The van der Waals surface area contributed by atoms with Crippen molar-refractivity contribution < 1.29 is 14.0 Å². The highest BCUT2D eigenvalue weighted by molar-refractivity contribution is 6.13. The molecule has 0 saturated heterocycles. The fourth-order valence-electron chi connectivity index (χ4n) is 2.14. The highest BCUT2D eigenvalue weighted by Crippen LogP contribution is 2.22. The largest absolute Gasteiger partial charge is 0.294 e. The van der Waals surface area contributed by atoms with Crippen molar-refractivity contribution in [3.63, 3.8) is 0 Å². The standard InChI is InChI=1S/C19H19FO2/c1-19(2,3)15-8-4-13(5-9-15)17(21)12-18(22)14-6-10-16(20)11-7-14/h4-11H,12H2,1-3H3. The normalized spacial score (nSPS) is 11.3. The lowest BCUT2D eigenvalue weighted by Gasteiger charge is -2.18. The molecule has 0 N–H and O–H groups in total. The Labute approximate surface area is 130 Å². The Hall–Kier alpha value is -2.29. The van der Waals surface area contributed by atoms with Gasteiger partial charge >= 0.3 is 0 Å². The van der Waals surface area contributed by atoms with E-state index in [0.29, 0.717) is 11.1 Å². The first kappa shape index (κ1) is 16.1. The van der Waals surface area contributed by atoms with E-state index in [1.807, 2.05) is 12.1 Å². The molecular weight excluding hydrogens is 279 g/mol. The molecule has 0 spiro atoms. The zero-order valence-electron chi connectivity index (χ0n) is 13.0. The maximum Gasteiger partial charge on any atom is 0.170 e. The lowest BCUT2D eigenvalue weighted by Crippen LogP contribution is -2.12. The second-order valence-electron chi connectivity index (χ2n) is 6.36. The fraction of sp³-hybridized carbons (Fsp3) is 0.263. The maximum atomic E-state index is 12.8. The van der Waals surface area contributed by atoms with E-state index in [2.05, 4.69) is 20.8 Å². The first-order valence-corrected chi connectivity index (χ1v) is 7.20. The van der Waals surface area contributed by atoms with E-state index in [-0.39, 0.29) is 23.4 Å². The first-order chi connectivity index (χ1) is 10.3. The molecule has 22 heavy (non-hydrogen) atoms. The molecule has 0 fully saturated rings. The summed E-state index contributed by atoms with van der Waals surface area (Å²) in [6.07, 6.45) is -0.208. The summed E-state index contributed by atoms with van der Waals surface area (Å²) in [6, 6.07) is 12.6. The molecule has 2 nitrogen and oxygen atoms in total. The third kappa shape index (κ3) is 3.88. The molecule has 0 aromatic heterocycles. The average Bonchev–Trinajstić information content (AvgIpc) is 2.47. The van der Waals surface area contributed by atoms with Crippen molar-refractivity contribution in [2.24, 2.45) is 0 Å². The Morgan fingerprint density at radius 1 is 0.818 bits per heavy atom. The number of hydrogen-bond donors (Lipinski definition) is 0. The van der Waals surface area contributed by atoms with Gasteiger partial charge in [0.05, 0.1) is 6.42 Å². The van der Waals surface area contributed by atoms with Crippen LogP contribution in [-0.4, -0.2) is 11.6 Å². The van der Waals surface area contributed by atoms with Crippen molar-refractivity contribution >= 4 is 11.6 Å². The summed E-state index contributed by atoms with van der Waals surface area (Å²) in [6.45, 7) is 6.30. The van der Waals surface area contributed by atoms with Gasteiger partial charge in [0, 0.05) is 11.1 Å². The van der Waals surface area contributed by atoms with Crippen molar-refractivity contribution in [1.82, 2.24) is 0 Å². The van der Waals surface area contributed by atoms with Gasteiger partial charge in [-0.1, -0.05) is 45.0 Å². The monoisotopic (exact) mass is 298 g/mol. The van der Waals surface area contributed by atoms with Crippen LogP contribution in [0.15, 0.2) is 48.5 Å². The van der Waals surface area contributed by atoms with Crippen molar-refractivity contribution in [2.45, 2.75) is 32.6 Å². The Morgan fingerprint density at radius 2 is 1.23 bits per heavy atom. The zero-order valence-corrected chi connectivity index (χ0v) is 13.0. The van der Waals surface area contributed by atoms with Gasteiger partial charge in [-0.3, -0.25) is 9.59 Å². The van der Waals surface area contributed by atoms with Crippen LogP contribution >= 0.6 is 0 Å². The van der Waals surface area contributed by atoms with Crippen LogP contribution in [0.5, 0.6) is 0 Å². The molecule has 0 amide bonds. The summed E-state index contributed by atoms with van der Waals surface area (Å²) in [4.78, 5) is 24.2. The predicted molar refractivity (Wildman–Crippen MR) is 84.8 cm³/mol. The van der Waals surface area contributed by atoms with Crippen molar-refractivity contribution in [1.29, 1.82) is 0 Å². The van der Waals surface area contributed by atoms with Crippen LogP contribution in [0.25, 0.3) is 0 Å². The maximum absolute atomic E-state index is 12.8. The van der Waals surface area contributed by atoms with Crippen LogP contribution in [0.1, 0.15) is 53.5 Å². The summed E-state index contributed by atoms with van der Waals surface area (Å²) in [5.41, 5.74) is 2.02. The van der Waals surface area contributed by atoms with Crippen LogP contribution in [0, 0.1) is 5.82 Å². The molecule has 2 aromatic carbocycles. The van der Waals surface area contributed by atoms with E-state index in [9.17, 15) is 14.0 Å². The van der Waals surface area contributed by atoms with Gasteiger partial charge in [0.2, 0.25) is 0 Å². The number of halogens is 1. The van der Waals surface area contributed by atoms with Gasteiger partial charge in [0.15, 0.2) is 11.6 Å². The number of Topliss-reactive ketones (excluding diaryl/α,β-unsaturated/α-hetero) is 2. The molecule has 0 aliphatic carbocycles. The molecule has 0 bridgehead atoms. The third-order valence-electron chi connectivity index (χ3n) is 3.56. The second-order valence-corrected chi connectivity index (χ2v) is 6.36. The minimum atomic E-state index is -0.402. The van der Waals surface area contributed by atoms with Gasteiger partial charge in [-0.05, 0) is 35.2 Å². The van der Waals surface area contributed by atoms with Crippen LogP contribution in [0.4, 0.5) is 4.39 Å². The molecule has 0 heterocycles. The molecule has 2 rings (SSSR count). The van der Waals surface area contributed by atoms with Crippen molar-refractivity contribution in [2.75, 3.05) is 0 Å². The van der Waals surface area contributed by atoms with Gasteiger partial charge in [-0.25, -0.2) is 4.39 Å². The number of hydrogen-bond acceptors (Lipinski definition) is 2. The van der Waals surface area contributed by atoms with E-state index >= 15 is 0 Å². The van der Waals surface area contributed by atoms with Crippen LogP contribution in [0.3, 0.4) is 0 Å². The van der Waals surface area contributed by atoms with E-state index < -0.39 is 5.82 Å². The van der Waals surface area contributed by atoms with Crippen LogP contribution < -0.4 is 0 Å². The van der Waals surface area contributed by atoms with Crippen LogP contribution in [-0.2, 0) is 5.41 Å². The Morgan fingerprint density at radius 3 is 1.64 bits per heavy atom. The molecule has 2 aromatic rings. The zero-order chi connectivity index (χ0) is 16.3. The fourth-order valence-corrected chi connectivity index (χ4v) is 2.14. The van der Waals surface area contributed by atoms with Crippen molar-refractivity contribution in [3.05, 3.63) is 71.0 Å². The average molecular weight is 298 g/mol. The van der Waals surface area contributed by atoms with Crippen molar-refractivity contribution in [3.8, 4) is 0 Å². The number of carbonyl (C=O) groups excluding carboxylic acids is 2. The first-order valence-electron chi connectivity index (χ1n) is 7.20. The number of ketones is 2. The summed E-state index contributed by atoms with van der Waals surface area (Å²) in [5.74, 6) is -0.930. The quantitative estimate of drug-likeness (QED) is 0.611. The molecular formula is C19H19FO2. The van der Waals surface area contributed by atoms with Gasteiger partial charge < -0.3 is 0 Å².